The molecule has 6 heteroatoms. The van der Waals surface area contributed by atoms with Crippen molar-refractivity contribution in [1.29, 1.82) is 0 Å². The number of fused-ring (bicyclic) bond motifs is 1. The van der Waals surface area contributed by atoms with E-state index in [-0.39, 0.29) is 5.75 Å². The van der Waals surface area contributed by atoms with Crippen LogP contribution in [0.25, 0.3) is 0 Å². The predicted molar refractivity (Wildman–Crippen MR) is 62.7 cm³/mol. The fourth-order valence-corrected chi connectivity index (χ4v) is 2.39. The van der Waals surface area contributed by atoms with Crippen LogP contribution in [0.2, 0.25) is 0 Å². The van der Waals surface area contributed by atoms with Gasteiger partial charge in [-0.1, -0.05) is 13.8 Å². The number of rotatable bonds is 2. The first kappa shape index (κ1) is 14.1. The van der Waals surface area contributed by atoms with E-state index in [2.05, 4.69) is 5.32 Å². The molecule has 0 atom stereocenters. The summed E-state index contributed by atoms with van der Waals surface area (Å²) in [6, 6.07) is 2.42. The standard InChI is InChI=1S/C13H15F4NO/c1-12(2)6-18-5-8-10(19-7-13(15,16)17)4-3-9(14)11(8)12/h3-4,18H,5-7H2,1-2H3. The Morgan fingerprint density at radius 3 is 2.63 bits per heavy atom. The van der Waals surface area contributed by atoms with Crippen LogP contribution in [0.4, 0.5) is 17.6 Å². The molecule has 2 rings (SSSR count). The van der Waals surface area contributed by atoms with E-state index in [1.807, 2.05) is 13.8 Å². The summed E-state index contributed by atoms with van der Waals surface area (Å²) in [5.41, 5.74) is 0.432. The molecule has 0 spiro atoms. The van der Waals surface area contributed by atoms with E-state index in [0.29, 0.717) is 24.2 Å². The monoisotopic (exact) mass is 277 g/mol. The summed E-state index contributed by atoms with van der Waals surface area (Å²) in [5.74, 6) is -0.310. The van der Waals surface area contributed by atoms with E-state index < -0.39 is 24.0 Å². The van der Waals surface area contributed by atoms with Gasteiger partial charge in [-0.15, -0.1) is 0 Å². The number of alkyl halides is 3. The lowest BCUT2D eigenvalue weighted by Crippen LogP contribution is -2.40. The number of benzene rings is 1. The second kappa shape index (κ2) is 4.67. The Hall–Kier alpha value is -1.30. The third-order valence-electron chi connectivity index (χ3n) is 3.16. The van der Waals surface area contributed by atoms with Crippen LogP contribution in [0.1, 0.15) is 25.0 Å². The maximum absolute atomic E-state index is 13.9. The van der Waals surface area contributed by atoms with E-state index in [1.54, 1.807) is 0 Å². The lowest BCUT2D eigenvalue weighted by atomic mass is 9.78. The first-order chi connectivity index (χ1) is 8.71. The van der Waals surface area contributed by atoms with Crippen LogP contribution in [-0.4, -0.2) is 19.3 Å². The Balaban J connectivity index is 2.37. The largest absolute Gasteiger partial charge is 0.484 e. The van der Waals surface area contributed by atoms with E-state index >= 15 is 0 Å². The average Bonchev–Trinajstić information content (AvgIpc) is 2.25. The van der Waals surface area contributed by atoms with E-state index in [0.717, 1.165) is 6.07 Å². The molecule has 19 heavy (non-hydrogen) atoms. The molecular formula is C13H15F4NO. The highest BCUT2D eigenvalue weighted by molar-refractivity contribution is 5.46. The van der Waals surface area contributed by atoms with Crippen molar-refractivity contribution in [1.82, 2.24) is 5.32 Å². The summed E-state index contributed by atoms with van der Waals surface area (Å²) in [7, 11) is 0. The lowest BCUT2D eigenvalue weighted by Gasteiger charge is -2.34. The van der Waals surface area contributed by atoms with E-state index in [4.69, 9.17) is 4.74 Å². The Morgan fingerprint density at radius 1 is 1.32 bits per heavy atom. The average molecular weight is 277 g/mol. The van der Waals surface area contributed by atoms with Crippen molar-refractivity contribution in [2.24, 2.45) is 0 Å². The maximum atomic E-state index is 13.9. The number of ether oxygens (including phenoxy) is 1. The molecule has 0 unspecified atom stereocenters. The molecule has 2 nitrogen and oxygen atoms in total. The van der Waals surface area contributed by atoms with Crippen molar-refractivity contribution in [2.45, 2.75) is 32.0 Å². The fourth-order valence-electron chi connectivity index (χ4n) is 2.39. The van der Waals surface area contributed by atoms with Crippen LogP contribution in [0, 0.1) is 5.82 Å². The fraction of sp³-hybridized carbons (Fsp3) is 0.538. The van der Waals surface area contributed by atoms with Crippen LogP contribution < -0.4 is 10.1 Å². The Kier molecular flexibility index (Phi) is 3.47. The van der Waals surface area contributed by atoms with Gasteiger partial charge in [0.15, 0.2) is 6.61 Å². The van der Waals surface area contributed by atoms with Crippen LogP contribution in [0.15, 0.2) is 12.1 Å². The second-order valence-corrected chi connectivity index (χ2v) is 5.29. The number of nitrogens with one attached hydrogen (secondary N) is 1. The minimum atomic E-state index is -4.40. The summed E-state index contributed by atoms with van der Waals surface area (Å²) in [6.07, 6.45) is -4.40. The van der Waals surface area contributed by atoms with Gasteiger partial charge in [0, 0.05) is 29.6 Å². The summed E-state index contributed by atoms with van der Waals surface area (Å²) in [6.45, 7) is 3.19. The van der Waals surface area contributed by atoms with Gasteiger partial charge in [-0.2, -0.15) is 13.2 Å². The molecule has 0 aromatic heterocycles. The Labute approximate surface area is 108 Å². The van der Waals surface area contributed by atoms with Crippen LogP contribution in [0.3, 0.4) is 0 Å². The highest BCUT2D eigenvalue weighted by Gasteiger charge is 2.34. The summed E-state index contributed by atoms with van der Waals surface area (Å²) in [5, 5.41) is 3.07. The quantitative estimate of drug-likeness (QED) is 0.838. The number of halogens is 4. The summed E-state index contributed by atoms with van der Waals surface area (Å²) < 4.78 is 55.3. The van der Waals surface area contributed by atoms with Gasteiger partial charge in [0.1, 0.15) is 11.6 Å². The Morgan fingerprint density at radius 2 is 2.00 bits per heavy atom. The third kappa shape index (κ3) is 3.00. The second-order valence-electron chi connectivity index (χ2n) is 5.29. The normalized spacial score (nSPS) is 18.0. The molecule has 1 aliphatic heterocycles. The van der Waals surface area contributed by atoms with Gasteiger partial charge in [-0.05, 0) is 12.1 Å². The zero-order valence-corrected chi connectivity index (χ0v) is 10.7. The van der Waals surface area contributed by atoms with Crippen molar-refractivity contribution in [3.05, 3.63) is 29.1 Å². The highest BCUT2D eigenvalue weighted by atomic mass is 19.4. The summed E-state index contributed by atoms with van der Waals surface area (Å²) in [4.78, 5) is 0. The molecule has 0 fully saturated rings. The molecule has 1 heterocycles. The first-order valence-electron chi connectivity index (χ1n) is 5.93. The van der Waals surface area contributed by atoms with Gasteiger partial charge in [-0.25, -0.2) is 4.39 Å². The van der Waals surface area contributed by atoms with Gasteiger partial charge < -0.3 is 10.1 Å². The topological polar surface area (TPSA) is 21.3 Å². The van der Waals surface area contributed by atoms with Gasteiger partial charge in [0.25, 0.3) is 0 Å². The van der Waals surface area contributed by atoms with E-state index in [1.165, 1.54) is 6.07 Å². The van der Waals surface area contributed by atoms with Crippen LogP contribution in [-0.2, 0) is 12.0 Å². The van der Waals surface area contributed by atoms with Gasteiger partial charge in [-0.3, -0.25) is 0 Å². The van der Waals surface area contributed by atoms with Crippen LogP contribution in [0.5, 0.6) is 5.75 Å². The van der Waals surface area contributed by atoms with Crippen molar-refractivity contribution in [2.75, 3.05) is 13.2 Å². The molecule has 0 saturated heterocycles. The van der Waals surface area contributed by atoms with Gasteiger partial charge in [0.05, 0.1) is 0 Å². The van der Waals surface area contributed by atoms with Gasteiger partial charge >= 0.3 is 6.18 Å². The minimum Gasteiger partial charge on any atom is -0.484 e. The molecule has 0 aliphatic carbocycles. The van der Waals surface area contributed by atoms with Gasteiger partial charge in [0.2, 0.25) is 0 Å². The first-order valence-corrected chi connectivity index (χ1v) is 5.93. The molecule has 0 bridgehead atoms. The smallest absolute Gasteiger partial charge is 0.422 e. The highest BCUT2D eigenvalue weighted by Crippen LogP contribution is 2.37. The molecule has 1 N–H and O–H groups in total. The number of hydrogen-bond donors (Lipinski definition) is 1. The molecule has 1 aromatic rings. The number of hydrogen-bond acceptors (Lipinski definition) is 2. The molecule has 0 radical (unpaired) electrons. The molecule has 1 aromatic carbocycles. The minimum absolute atomic E-state index is 0.0917. The van der Waals surface area contributed by atoms with E-state index in [9.17, 15) is 17.6 Å². The molecule has 0 amide bonds. The predicted octanol–water partition coefficient (Wildman–Crippen LogP) is 3.15. The van der Waals surface area contributed by atoms with Crippen molar-refractivity contribution >= 4 is 0 Å². The third-order valence-corrected chi connectivity index (χ3v) is 3.16. The van der Waals surface area contributed by atoms with Crippen LogP contribution >= 0.6 is 0 Å². The van der Waals surface area contributed by atoms with Crippen molar-refractivity contribution in [3.8, 4) is 5.75 Å². The summed E-state index contributed by atoms with van der Waals surface area (Å²) >= 11 is 0. The molecule has 1 aliphatic rings. The molecule has 0 saturated carbocycles. The Bertz CT molecular complexity index is 482. The van der Waals surface area contributed by atoms with Crippen molar-refractivity contribution in [3.63, 3.8) is 0 Å². The SMILES string of the molecule is CC1(C)CNCc2c(OCC(F)(F)F)ccc(F)c21. The molecular weight excluding hydrogens is 262 g/mol. The zero-order chi connectivity index (χ0) is 14.3. The zero-order valence-electron chi connectivity index (χ0n) is 10.7. The lowest BCUT2D eigenvalue weighted by molar-refractivity contribution is -0.153. The molecule has 106 valence electrons. The van der Waals surface area contributed by atoms with Crippen molar-refractivity contribution < 1.29 is 22.3 Å². The maximum Gasteiger partial charge on any atom is 0.422 e.